The number of fused-ring (bicyclic) bond motifs is 1. The van der Waals surface area contributed by atoms with Crippen LogP contribution in [0.15, 0.2) is 42.5 Å². The van der Waals surface area contributed by atoms with Crippen molar-refractivity contribution in [2.45, 2.75) is 0 Å². The number of nitrogen functional groups attached to an aromatic ring is 1. The van der Waals surface area contributed by atoms with E-state index in [1.54, 1.807) is 18.2 Å². The van der Waals surface area contributed by atoms with Crippen LogP contribution >= 0.6 is 34.5 Å². The highest BCUT2D eigenvalue weighted by molar-refractivity contribution is 7.20. The van der Waals surface area contributed by atoms with Crippen molar-refractivity contribution >= 4 is 61.9 Å². The summed E-state index contributed by atoms with van der Waals surface area (Å²) in [5.41, 5.74) is 6.90. The number of thiophene rings is 1. The van der Waals surface area contributed by atoms with Crippen LogP contribution in [0.25, 0.3) is 10.1 Å². The van der Waals surface area contributed by atoms with Crippen molar-refractivity contribution in [3.8, 4) is 0 Å². The van der Waals surface area contributed by atoms with Crippen LogP contribution in [0.4, 0.5) is 11.4 Å². The number of benzene rings is 2. The second-order valence-corrected chi connectivity index (χ2v) is 6.41. The Morgan fingerprint density at radius 2 is 1.90 bits per heavy atom. The molecule has 21 heavy (non-hydrogen) atoms. The molecule has 0 radical (unpaired) electrons. The lowest BCUT2D eigenvalue weighted by Crippen LogP contribution is -2.10. The molecule has 1 amide bonds. The van der Waals surface area contributed by atoms with Gasteiger partial charge in [-0.1, -0.05) is 23.2 Å². The van der Waals surface area contributed by atoms with E-state index in [0.29, 0.717) is 26.3 Å². The second kappa shape index (κ2) is 5.56. The monoisotopic (exact) mass is 336 g/mol. The van der Waals surface area contributed by atoms with Crippen molar-refractivity contribution in [2.75, 3.05) is 11.1 Å². The predicted octanol–water partition coefficient (Wildman–Crippen LogP) is 5.04. The molecule has 0 bridgehead atoms. The van der Waals surface area contributed by atoms with E-state index in [1.165, 1.54) is 11.3 Å². The van der Waals surface area contributed by atoms with Gasteiger partial charge in [-0.15, -0.1) is 11.3 Å². The van der Waals surface area contributed by atoms with Gasteiger partial charge in [0.2, 0.25) is 0 Å². The van der Waals surface area contributed by atoms with Crippen LogP contribution in [0.5, 0.6) is 0 Å². The minimum absolute atomic E-state index is 0.223. The molecule has 2 aromatic carbocycles. The summed E-state index contributed by atoms with van der Waals surface area (Å²) in [6.07, 6.45) is 0. The molecule has 0 unspecified atom stereocenters. The first-order chi connectivity index (χ1) is 10.0. The summed E-state index contributed by atoms with van der Waals surface area (Å²) in [7, 11) is 0. The lowest BCUT2D eigenvalue weighted by Gasteiger charge is -2.06. The quantitative estimate of drug-likeness (QED) is 0.644. The molecule has 1 aromatic heterocycles. The smallest absolute Gasteiger partial charge is 0.265 e. The lowest BCUT2D eigenvalue weighted by atomic mass is 10.2. The lowest BCUT2D eigenvalue weighted by molar-refractivity contribution is 0.103. The molecule has 106 valence electrons. The topological polar surface area (TPSA) is 55.1 Å². The van der Waals surface area contributed by atoms with Crippen molar-refractivity contribution in [1.29, 1.82) is 0 Å². The van der Waals surface area contributed by atoms with Gasteiger partial charge in [0.25, 0.3) is 5.91 Å². The molecule has 0 aliphatic heterocycles. The minimum atomic E-state index is -0.223. The molecule has 0 saturated heterocycles. The summed E-state index contributed by atoms with van der Waals surface area (Å²) in [5.74, 6) is -0.223. The highest BCUT2D eigenvalue weighted by Gasteiger charge is 2.12. The first-order valence-corrected chi connectivity index (χ1v) is 7.65. The molecule has 0 atom stereocenters. The Hall–Kier alpha value is -1.75. The number of halogens is 2. The summed E-state index contributed by atoms with van der Waals surface area (Å²) in [6.45, 7) is 0. The van der Waals surface area contributed by atoms with E-state index < -0.39 is 0 Å². The van der Waals surface area contributed by atoms with Gasteiger partial charge in [-0.05, 0) is 47.9 Å². The van der Waals surface area contributed by atoms with E-state index in [2.05, 4.69) is 5.32 Å². The van der Waals surface area contributed by atoms with E-state index in [9.17, 15) is 4.79 Å². The largest absolute Gasteiger partial charge is 0.399 e. The summed E-state index contributed by atoms with van der Waals surface area (Å²) in [4.78, 5) is 12.9. The number of nitrogens with two attached hydrogens (primary N) is 1. The van der Waals surface area contributed by atoms with Crippen LogP contribution in [0, 0.1) is 0 Å². The van der Waals surface area contributed by atoms with E-state index >= 15 is 0 Å². The highest BCUT2D eigenvalue weighted by atomic mass is 35.5. The fourth-order valence-corrected chi connectivity index (χ4v) is 3.23. The molecule has 3 aromatic rings. The number of carbonyl (C=O) groups excluding carboxylic acids is 1. The number of hydrogen-bond acceptors (Lipinski definition) is 3. The van der Waals surface area contributed by atoms with Crippen LogP contribution in [-0.4, -0.2) is 5.91 Å². The third-order valence-electron chi connectivity index (χ3n) is 2.94. The normalized spacial score (nSPS) is 10.8. The number of rotatable bonds is 2. The van der Waals surface area contributed by atoms with Crippen LogP contribution in [-0.2, 0) is 0 Å². The average molecular weight is 337 g/mol. The van der Waals surface area contributed by atoms with Gasteiger partial charge in [0.05, 0.1) is 15.6 Å². The number of nitrogens with one attached hydrogen (secondary N) is 1. The molecule has 1 heterocycles. The molecule has 0 spiro atoms. The average Bonchev–Trinajstić information content (AvgIpc) is 2.86. The summed E-state index contributed by atoms with van der Waals surface area (Å²) < 4.78 is 1.01. The van der Waals surface area contributed by atoms with E-state index in [4.69, 9.17) is 28.9 Å². The zero-order valence-corrected chi connectivity index (χ0v) is 13.0. The molecule has 3 rings (SSSR count). The van der Waals surface area contributed by atoms with Gasteiger partial charge in [0.15, 0.2) is 0 Å². The van der Waals surface area contributed by atoms with E-state index in [1.807, 2.05) is 24.3 Å². The maximum Gasteiger partial charge on any atom is 0.265 e. The molecule has 3 nitrogen and oxygen atoms in total. The van der Waals surface area contributed by atoms with Crippen LogP contribution in [0.2, 0.25) is 10.0 Å². The molecule has 3 N–H and O–H groups in total. The third kappa shape index (κ3) is 2.97. The third-order valence-corrected chi connectivity index (χ3v) is 4.62. The molecule has 0 saturated carbocycles. The number of hydrogen-bond donors (Lipinski definition) is 2. The number of amides is 1. The Morgan fingerprint density at radius 3 is 2.71 bits per heavy atom. The zero-order valence-electron chi connectivity index (χ0n) is 10.7. The SMILES string of the molecule is Nc1ccc2sc(C(=O)Nc3cc(Cl)ccc3Cl)cc2c1. The Labute approximate surface area is 135 Å². The Balaban J connectivity index is 1.91. The Kier molecular flexibility index (Phi) is 3.76. The molecule has 0 aliphatic carbocycles. The minimum Gasteiger partial charge on any atom is -0.399 e. The maximum atomic E-state index is 12.3. The molecule has 0 aliphatic rings. The standard InChI is InChI=1S/C15H10Cl2N2OS/c16-9-1-3-11(17)12(7-9)19-15(20)14-6-8-5-10(18)2-4-13(8)21-14/h1-7H,18H2,(H,19,20). The predicted molar refractivity (Wildman–Crippen MR) is 90.7 cm³/mol. The molecular weight excluding hydrogens is 327 g/mol. The van der Waals surface area contributed by atoms with Gasteiger partial charge >= 0.3 is 0 Å². The number of anilines is 2. The fourth-order valence-electron chi connectivity index (χ4n) is 1.95. The zero-order chi connectivity index (χ0) is 15.0. The van der Waals surface area contributed by atoms with Gasteiger partial charge in [0, 0.05) is 15.4 Å². The van der Waals surface area contributed by atoms with Crippen LogP contribution < -0.4 is 11.1 Å². The first kappa shape index (κ1) is 14.2. The Bertz CT molecular complexity index is 845. The Morgan fingerprint density at radius 1 is 1.10 bits per heavy atom. The maximum absolute atomic E-state index is 12.3. The first-order valence-electron chi connectivity index (χ1n) is 6.08. The molecule has 6 heteroatoms. The van der Waals surface area contributed by atoms with Crippen molar-refractivity contribution in [3.63, 3.8) is 0 Å². The number of carbonyl (C=O) groups is 1. The van der Waals surface area contributed by atoms with E-state index in [0.717, 1.165) is 10.1 Å². The van der Waals surface area contributed by atoms with Gasteiger partial charge in [-0.3, -0.25) is 4.79 Å². The van der Waals surface area contributed by atoms with Crippen molar-refractivity contribution in [2.24, 2.45) is 0 Å². The van der Waals surface area contributed by atoms with Crippen molar-refractivity contribution in [3.05, 3.63) is 57.4 Å². The van der Waals surface area contributed by atoms with Gasteiger partial charge in [-0.2, -0.15) is 0 Å². The highest BCUT2D eigenvalue weighted by Crippen LogP contribution is 2.30. The second-order valence-electron chi connectivity index (χ2n) is 4.49. The van der Waals surface area contributed by atoms with Crippen LogP contribution in [0.3, 0.4) is 0 Å². The van der Waals surface area contributed by atoms with Crippen LogP contribution in [0.1, 0.15) is 9.67 Å². The molecular formula is C15H10Cl2N2OS. The van der Waals surface area contributed by atoms with Gasteiger partial charge in [-0.25, -0.2) is 0 Å². The molecule has 0 fully saturated rings. The van der Waals surface area contributed by atoms with E-state index in [-0.39, 0.29) is 5.91 Å². The van der Waals surface area contributed by atoms with Gasteiger partial charge < -0.3 is 11.1 Å². The van der Waals surface area contributed by atoms with Gasteiger partial charge in [0.1, 0.15) is 0 Å². The summed E-state index contributed by atoms with van der Waals surface area (Å²) in [6, 6.07) is 12.3. The van der Waals surface area contributed by atoms with Crippen molar-refractivity contribution in [1.82, 2.24) is 0 Å². The summed E-state index contributed by atoms with van der Waals surface area (Å²) >= 11 is 13.3. The summed E-state index contributed by atoms with van der Waals surface area (Å²) in [5, 5.41) is 4.67. The fraction of sp³-hybridized carbons (Fsp3) is 0. The van der Waals surface area contributed by atoms with Crippen molar-refractivity contribution < 1.29 is 4.79 Å².